The minimum atomic E-state index is -0.0687. The number of carbonyl (C=O) groups is 1. The zero-order chi connectivity index (χ0) is 13.8. The third-order valence-electron chi connectivity index (χ3n) is 0.876. The average molecular weight is 278 g/mol. The van der Waals surface area contributed by atoms with Gasteiger partial charge >= 0.3 is 17.1 Å². The Labute approximate surface area is 113 Å². The summed E-state index contributed by atoms with van der Waals surface area (Å²) in [5.74, 6) is -0.0687. The fourth-order valence-electron chi connectivity index (χ4n) is 0.394. The van der Waals surface area contributed by atoms with Crippen LogP contribution in [0.2, 0.25) is 0 Å². The maximum atomic E-state index is 10.5. The second kappa shape index (κ2) is 47.5. The standard InChI is InChI=1S/C9H11O.3CHO.Fe/c1-3-5-6-7-8-9(10)4-2;3*1-2;/h3-8H,2H2,1H3;3*1H;/q4*-1;+4. The van der Waals surface area contributed by atoms with Gasteiger partial charge in [0.25, 0.3) is 0 Å². The van der Waals surface area contributed by atoms with E-state index in [1.54, 1.807) is 12.2 Å². The van der Waals surface area contributed by atoms with Gasteiger partial charge < -0.3 is 19.2 Å². The van der Waals surface area contributed by atoms with E-state index in [-0.39, 0.29) is 22.9 Å². The number of carbonyl (C=O) groups excluding carboxylic acids is 4. The van der Waals surface area contributed by atoms with Crippen LogP contribution in [-0.4, -0.2) is 26.2 Å². The van der Waals surface area contributed by atoms with Gasteiger partial charge in [-0.3, -0.25) is 20.4 Å². The first kappa shape index (κ1) is 29.5. The van der Waals surface area contributed by atoms with E-state index in [2.05, 4.69) is 26.9 Å². The summed E-state index contributed by atoms with van der Waals surface area (Å²) in [6.45, 7) is 15.0. The summed E-state index contributed by atoms with van der Waals surface area (Å²) in [5, 5.41) is 0. The number of hydrogen-bond donors (Lipinski definition) is 0. The Balaban J connectivity index is -0.0000000594. The topological polar surface area (TPSA) is 68.3 Å². The first-order chi connectivity index (χ1) is 7.81. The molecule has 0 aromatic carbocycles. The fourth-order valence-corrected chi connectivity index (χ4v) is 0.394. The zero-order valence-electron chi connectivity index (χ0n) is 9.39. The molecule has 0 heterocycles. The molecule has 0 saturated carbocycles. The molecule has 0 aromatic heterocycles. The van der Waals surface area contributed by atoms with Gasteiger partial charge in [-0.2, -0.15) is 18.7 Å². The molecule has 0 aliphatic rings. The van der Waals surface area contributed by atoms with Crippen molar-refractivity contribution < 1.29 is 36.2 Å². The Bertz CT molecular complexity index is 208. The molecule has 0 aliphatic carbocycles. The third kappa shape index (κ3) is 54.6. The number of hydrogen-bond acceptors (Lipinski definition) is 4. The monoisotopic (exact) mass is 278 g/mol. The van der Waals surface area contributed by atoms with Crippen LogP contribution in [0.4, 0.5) is 0 Å². The van der Waals surface area contributed by atoms with E-state index in [0.29, 0.717) is 0 Å². The van der Waals surface area contributed by atoms with Crippen LogP contribution in [0.5, 0.6) is 0 Å². The maximum Gasteiger partial charge on any atom is 4.00 e. The molecule has 0 aromatic rings. The van der Waals surface area contributed by atoms with Crippen molar-refractivity contribution in [2.45, 2.75) is 6.92 Å². The van der Waals surface area contributed by atoms with Crippen molar-refractivity contribution in [3.63, 3.8) is 0 Å². The van der Waals surface area contributed by atoms with Gasteiger partial charge in [0.1, 0.15) is 0 Å². The van der Waals surface area contributed by atoms with Gasteiger partial charge in [-0.1, -0.05) is 6.08 Å². The molecule has 0 N–H and O–H groups in total. The number of rotatable bonds is 4. The van der Waals surface area contributed by atoms with Gasteiger partial charge in [-0.05, 0) is 6.92 Å². The third-order valence-corrected chi connectivity index (χ3v) is 0.876. The van der Waals surface area contributed by atoms with Gasteiger partial charge in [0.15, 0.2) is 0 Å². The summed E-state index contributed by atoms with van der Waals surface area (Å²) < 4.78 is 0. The van der Waals surface area contributed by atoms with E-state index < -0.39 is 0 Å². The summed E-state index contributed by atoms with van der Waals surface area (Å²) in [6.07, 6.45) is 9.97. The summed E-state index contributed by atoms with van der Waals surface area (Å²) >= 11 is 0. The fraction of sp³-hybridized carbons (Fsp3) is 0.0833. The van der Waals surface area contributed by atoms with Crippen molar-refractivity contribution in [2.24, 2.45) is 0 Å². The minimum Gasteiger partial charge on any atom is -0.545 e. The minimum absolute atomic E-state index is 0. The molecule has 0 fully saturated rings. The Morgan fingerprint density at radius 2 is 1.47 bits per heavy atom. The van der Waals surface area contributed by atoms with E-state index >= 15 is 0 Å². The summed E-state index contributed by atoms with van der Waals surface area (Å²) in [4.78, 5) is 33.8. The normalized spacial score (nSPS) is 6.88. The van der Waals surface area contributed by atoms with E-state index in [4.69, 9.17) is 14.4 Å². The first-order valence-corrected chi connectivity index (χ1v) is 3.81. The molecule has 5 heteroatoms. The van der Waals surface area contributed by atoms with Crippen LogP contribution >= 0.6 is 0 Å². The Hall–Kier alpha value is -1.71. The molecule has 0 saturated heterocycles. The van der Waals surface area contributed by atoms with E-state index in [1.807, 2.05) is 19.1 Å². The van der Waals surface area contributed by atoms with Crippen molar-refractivity contribution in [3.8, 4) is 0 Å². The van der Waals surface area contributed by atoms with Crippen molar-refractivity contribution in [3.05, 3.63) is 43.4 Å². The van der Waals surface area contributed by atoms with Crippen LogP contribution in [0, 0.1) is 6.42 Å². The average Bonchev–Trinajstić information content (AvgIpc) is 2.41. The van der Waals surface area contributed by atoms with Gasteiger partial charge in [-0.25, -0.2) is 0 Å². The van der Waals surface area contributed by atoms with Crippen molar-refractivity contribution >= 4 is 26.2 Å². The Morgan fingerprint density at radius 1 is 1.06 bits per heavy atom. The van der Waals surface area contributed by atoms with Crippen molar-refractivity contribution in [1.82, 2.24) is 0 Å². The van der Waals surface area contributed by atoms with Gasteiger partial charge in [0.2, 0.25) is 0 Å². The predicted molar refractivity (Wildman–Crippen MR) is 63.7 cm³/mol. The van der Waals surface area contributed by atoms with Crippen LogP contribution in [0.15, 0.2) is 37.0 Å². The largest absolute Gasteiger partial charge is 4.00 e. The summed E-state index contributed by atoms with van der Waals surface area (Å²) in [7, 11) is 0. The van der Waals surface area contributed by atoms with Gasteiger partial charge in [0.05, 0.1) is 5.78 Å². The molecule has 0 bridgehead atoms. The van der Waals surface area contributed by atoms with Crippen LogP contribution in [0.25, 0.3) is 0 Å². The van der Waals surface area contributed by atoms with Crippen LogP contribution in [0.1, 0.15) is 6.92 Å². The van der Waals surface area contributed by atoms with E-state index in [1.165, 1.54) is 12.5 Å². The second-order valence-corrected chi connectivity index (χ2v) is 1.68. The Morgan fingerprint density at radius 3 is 1.76 bits per heavy atom. The van der Waals surface area contributed by atoms with Crippen LogP contribution in [0.3, 0.4) is 0 Å². The number of allylic oxidation sites excluding steroid dienone is 5. The Kier molecular flexibility index (Phi) is 82.4. The van der Waals surface area contributed by atoms with E-state index in [0.717, 1.165) is 0 Å². The van der Waals surface area contributed by atoms with Crippen LogP contribution < -0.4 is 0 Å². The molecule has 0 atom stereocenters. The molecule has 4 nitrogen and oxygen atoms in total. The van der Waals surface area contributed by atoms with Gasteiger partial charge in [0, 0.05) is 0 Å². The molecular formula is C12H14FeO4. The maximum absolute atomic E-state index is 10.5. The summed E-state index contributed by atoms with van der Waals surface area (Å²) in [6, 6.07) is 0. The molecule has 0 aliphatic heterocycles. The molecule has 0 amide bonds. The SMILES string of the molecule is C=CC(=O)[CH-]C=CC=CC.[CH-]=O.[CH-]=O.[CH-]=O.[Fe+4]. The van der Waals surface area contributed by atoms with Crippen LogP contribution in [-0.2, 0) is 36.2 Å². The van der Waals surface area contributed by atoms with Crippen molar-refractivity contribution in [1.29, 1.82) is 0 Å². The molecular weight excluding hydrogens is 264 g/mol. The molecule has 0 radical (unpaired) electrons. The van der Waals surface area contributed by atoms with Crippen molar-refractivity contribution in [2.75, 3.05) is 0 Å². The summed E-state index contributed by atoms with van der Waals surface area (Å²) in [5.41, 5.74) is 0. The quantitative estimate of drug-likeness (QED) is 0.255. The van der Waals surface area contributed by atoms with Gasteiger partial charge in [-0.15, -0.1) is 18.6 Å². The smallest absolute Gasteiger partial charge is 0.545 e. The molecule has 0 spiro atoms. The molecule has 94 valence electrons. The van der Waals surface area contributed by atoms with E-state index in [9.17, 15) is 4.79 Å². The zero-order valence-corrected chi connectivity index (χ0v) is 10.5. The first-order valence-electron chi connectivity index (χ1n) is 3.81. The molecule has 0 unspecified atom stereocenters. The number of ketones is 1. The second-order valence-electron chi connectivity index (χ2n) is 1.68. The molecule has 17 heavy (non-hydrogen) atoms. The molecule has 0 rings (SSSR count). The predicted octanol–water partition coefficient (Wildman–Crippen LogP) is 1.25.